The third-order valence-electron chi connectivity index (χ3n) is 5.90. The van der Waals surface area contributed by atoms with Gasteiger partial charge in [-0.05, 0) is 55.5 Å². The molecule has 2 N–H and O–H groups in total. The van der Waals surface area contributed by atoms with Crippen LogP contribution in [0.5, 0.6) is 5.75 Å². The number of alkyl halides is 3. The van der Waals surface area contributed by atoms with Crippen LogP contribution in [0.1, 0.15) is 42.9 Å². The third kappa shape index (κ3) is 4.93. The Morgan fingerprint density at radius 3 is 2.55 bits per heavy atom. The molecule has 1 saturated heterocycles. The zero-order chi connectivity index (χ0) is 23.6. The van der Waals surface area contributed by atoms with E-state index in [9.17, 15) is 22.8 Å². The predicted molar refractivity (Wildman–Crippen MR) is 112 cm³/mol. The van der Waals surface area contributed by atoms with Gasteiger partial charge in [0.15, 0.2) is 0 Å². The summed E-state index contributed by atoms with van der Waals surface area (Å²) in [7, 11) is 0. The van der Waals surface area contributed by atoms with Crippen LogP contribution in [0.2, 0.25) is 0 Å². The first-order chi connectivity index (χ1) is 15.7. The average Bonchev–Trinajstić information content (AvgIpc) is 3.33. The fourth-order valence-electron chi connectivity index (χ4n) is 4.47. The van der Waals surface area contributed by atoms with Gasteiger partial charge in [-0.3, -0.25) is 14.9 Å². The van der Waals surface area contributed by atoms with E-state index < -0.39 is 29.7 Å². The summed E-state index contributed by atoms with van der Waals surface area (Å²) in [6.45, 7) is -0.247. The Hall–Kier alpha value is -3.58. The van der Waals surface area contributed by atoms with Crippen molar-refractivity contribution in [3.8, 4) is 11.8 Å². The second-order valence-corrected chi connectivity index (χ2v) is 8.10. The van der Waals surface area contributed by atoms with E-state index in [-0.39, 0.29) is 18.1 Å². The molecule has 1 aliphatic heterocycles. The molecular weight excluding hydrogens is 437 g/mol. The molecule has 2 aromatic carbocycles. The zero-order valence-electron chi connectivity index (χ0n) is 17.5. The van der Waals surface area contributed by atoms with Crippen molar-refractivity contribution < 1.29 is 27.5 Å². The van der Waals surface area contributed by atoms with E-state index in [2.05, 4.69) is 15.4 Å². The summed E-state index contributed by atoms with van der Waals surface area (Å²) in [6, 6.07) is 13.1. The Morgan fingerprint density at radius 1 is 1.21 bits per heavy atom. The number of nitrogens with one attached hydrogen (secondary N) is 2. The molecule has 1 unspecified atom stereocenters. The molecule has 2 aromatic rings. The number of carbonyl (C=O) groups is 2. The standard InChI is InChI=1S/C23H21F3N4O3/c24-23(25,26)33-18-5-3-4-17(12-18)28-19(31)14-30-21(32)20(29-22(30)10-1-2-11-22)16-8-6-15(13-27)7-9-16/h3-9,12,20,29H,1-2,10-11,14H2,(H,28,31). The van der Waals surface area contributed by atoms with Gasteiger partial charge in [0.05, 0.1) is 17.3 Å². The fourth-order valence-corrected chi connectivity index (χ4v) is 4.47. The highest BCUT2D eigenvalue weighted by molar-refractivity contribution is 5.96. The van der Waals surface area contributed by atoms with Crippen LogP contribution in [-0.2, 0) is 9.59 Å². The molecule has 1 saturated carbocycles. The van der Waals surface area contributed by atoms with Gasteiger partial charge in [0.2, 0.25) is 11.8 Å². The van der Waals surface area contributed by atoms with Gasteiger partial charge in [-0.1, -0.05) is 18.2 Å². The van der Waals surface area contributed by atoms with Crippen molar-refractivity contribution in [2.24, 2.45) is 0 Å². The van der Waals surface area contributed by atoms with Crippen molar-refractivity contribution in [3.05, 3.63) is 59.7 Å². The van der Waals surface area contributed by atoms with Gasteiger partial charge < -0.3 is 15.0 Å². The van der Waals surface area contributed by atoms with Crippen molar-refractivity contribution in [1.82, 2.24) is 10.2 Å². The predicted octanol–water partition coefficient (Wildman–Crippen LogP) is 3.84. The maximum absolute atomic E-state index is 13.3. The quantitative estimate of drug-likeness (QED) is 0.710. The third-order valence-corrected chi connectivity index (χ3v) is 5.90. The molecule has 1 atom stereocenters. The minimum absolute atomic E-state index is 0.130. The minimum atomic E-state index is -4.84. The Bertz CT molecular complexity index is 1090. The molecule has 0 bridgehead atoms. The van der Waals surface area contributed by atoms with Crippen molar-refractivity contribution in [2.45, 2.75) is 43.8 Å². The lowest BCUT2D eigenvalue weighted by molar-refractivity contribution is -0.274. The first-order valence-electron chi connectivity index (χ1n) is 10.4. The molecule has 2 amide bonds. The van der Waals surface area contributed by atoms with Crippen molar-refractivity contribution in [3.63, 3.8) is 0 Å². The molecular formula is C23H21F3N4O3. The number of amides is 2. The molecule has 1 aliphatic carbocycles. The van der Waals surface area contributed by atoms with E-state index in [0.29, 0.717) is 24.0 Å². The summed E-state index contributed by atoms with van der Waals surface area (Å²) in [5.41, 5.74) is 0.650. The number of nitriles is 1. The van der Waals surface area contributed by atoms with Crippen LogP contribution >= 0.6 is 0 Å². The van der Waals surface area contributed by atoms with Crippen LogP contribution in [0, 0.1) is 11.3 Å². The molecule has 10 heteroatoms. The number of ether oxygens (including phenoxy) is 1. The van der Waals surface area contributed by atoms with Crippen LogP contribution in [0.4, 0.5) is 18.9 Å². The normalized spacial score (nSPS) is 19.5. The summed E-state index contributed by atoms with van der Waals surface area (Å²) < 4.78 is 41.3. The summed E-state index contributed by atoms with van der Waals surface area (Å²) in [6.07, 6.45) is -1.67. The van der Waals surface area contributed by atoms with Crippen LogP contribution in [0.3, 0.4) is 0 Å². The molecule has 33 heavy (non-hydrogen) atoms. The molecule has 2 aliphatic rings. The smallest absolute Gasteiger partial charge is 0.406 e. The first-order valence-corrected chi connectivity index (χ1v) is 10.4. The van der Waals surface area contributed by atoms with E-state index in [4.69, 9.17) is 5.26 Å². The van der Waals surface area contributed by atoms with Crippen LogP contribution in [0.15, 0.2) is 48.5 Å². The van der Waals surface area contributed by atoms with Crippen molar-refractivity contribution in [2.75, 3.05) is 11.9 Å². The Kier molecular flexibility index (Phi) is 5.99. The molecule has 2 fully saturated rings. The van der Waals surface area contributed by atoms with Gasteiger partial charge in [-0.2, -0.15) is 5.26 Å². The van der Waals surface area contributed by atoms with E-state index in [1.807, 2.05) is 6.07 Å². The largest absolute Gasteiger partial charge is 0.573 e. The number of nitrogens with zero attached hydrogens (tertiary/aromatic N) is 2. The molecule has 4 rings (SSSR count). The lowest BCUT2D eigenvalue weighted by atomic mass is 10.0. The Morgan fingerprint density at radius 2 is 1.91 bits per heavy atom. The van der Waals surface area contributed by atoms with E-state index >= 15 is 0 Å². The fraction of sp³-hybridized carbons (Fsp3) is 0.348. The number of hydrogen-bond acceptors (Lipinski definition) is 5. The summed E-state index contributed by atoms with van der Waals surface area (Å²) in [5, 5.41) is 14.9. The number of hydrogen-bond donors (Lipinski definition) is 2. The highest BCUT2D eigenvalue weighted by Gasteiger charge is 2.52. The van der Waals surface area contributed by atoms with E-state index in [1.165, 1.54) is 17.0 Å². The summed E-state index contributed by atoms with van der Waals surface area (Å²) >= 11 is 0. The SMILES string of the molecule is N#Cc1ccc(C2NC3(CCCC3)N(CC(=O)Nc3cccc(OC(F)(F)F)c3)C2=O)cc1. The molecule has 0 aromatic heterocycles. The highest BCUT2D eigenvalue weighted by Crippen LogP contribution is 2.41. The summed E-state index contributed by atoms with van der Waals surface area (Å²) in [5.74, 6) is -1.24. The average molecular weight is 458 g/mol. The molecule has 1 heterocycles. The number of benzene rings is 2. The number of rotatable bonds is 5. The van der Waals surface area contributed by atoms with E-state index in [1.54, 1.807) is 24.3 Å². The molecule has 0 radical (unpaired) electrons. The van der Waals surface area contributed by atoms with Crippen LogP contribution in [-0.4, -0.2) is 35.3 Å². The monoisotopic (exact) mass is 458 g/mol. The Labute approximate surface area is 188 Å². The van der Waals surface area contributed by atoms with Gasteiger partial charge in [-0.25, -0.2) is 0 Å². The lowest BCUT2D eigenvalue weighted by Crippen LogP contribution is -2.52. The van der Waals surface area contributed by atoms with Crippen LogP contribution < -0.4 is 15.4 Å². The van der Waals surface area contributed by atoms with Gasteiger partial charge in [0, 0.05) is 11.8 Å². The zero-order valence-corrected chi connectivity index (χ0v) is 17.5. The summed E-state index contributed by atoms with van der Waals surface area (Å²) in [4.78, 5) is 27.6. The number of halogens is 3. The first kappa shape index (κ1) is 22.6. The molecule has 172 valence electrons. The maximum atomic E-state index is 13.3. The molecule has 7 nitrogen and oxygen atoms in total. The maximum Gasteiger partial charge on any atom is 0.573 e. The highest BCUT2D eigenvalue weighted by atomic mass is 19.4. The van der Waals surface area contributed by atoms with Crippen molar-refractivity contribution in [1.29, 1.82) is 5.26 Å². The van der Waals surface area contributed by atoms with Gasteiger partial charge in [-0.15, -0.1) is 13.2 Å². The van der Waals surface area contributed by atoms with Gasteiger partial charge in [0.25, 0.3) is 0 Å². The second-order valence-electron chi connectivity index (χ2n) is 8.10. The Balaban J connectivity index is 1.50. The number of carbonyl (C=O) groups excluding carboxylic acids is 2. The van der Waals surface area contributed by atoms with Crippen LogP contribution in [0.25, 0.3) is 0 Å². The molecule has 1 spiro atoms. The second kappa shape index (κ2) is 8.75. The van der Waals surface area contributed by atoms with Crippen molar-refractivity contribution >= 4 is 17.5 Å². The minimum Gasteiger partial charge on any atom is -0.406 e. The lowest BCUT2D eigenvalue weighted by Gasteiger charge is -2.34. The topological polar surface area (TPSA) is 94.5 Å². The number of anilines is 1. The van der Waals surface area contributed by atoms with Gasteiger partial charge >= 0.3 is 6.36 Å². The van der Waals surface area contributed by atoms with E-state index in [0.717, 1.165) is 25.0 Å². The van der Waals surface area contributed by atoms with Gasteiger partial charge in [0.1, 0.15) is 18.3 Å².